The van der Waals surface area contributed by atoms with E-state index in [1.54, 1.807) is 19.2 Å². The molecule has 7 nitrogen and oxygen atoms in total. The summed E-state index contributed by atoms with van der Waals surface area (Å²) in [5, 5.41) is 9.48. The van der Waals surface area contributed by atoms with Gasteiger partial charge in [0, 0.05) is 51.9 Å². The lowest BCUT2D eigenvalue weighted by Crippen LogP contribution is -2.38. The van der Waals surface area contributed by atoms with Gasteiger partial charge in [0.1, 0.15) is 5.82 Å². The van der Waals surface area contributed by atoms with E-state index in [0.717, 1.165) is 49.7 Å². The predicted molar refractivity (Wildman–Crippen MR) is 141 cm³/mol. The quantitative estimate of drug-likeness (QED) is 0.246. The van der Waals surface area contributed by atoms with E-state index >= 15 is 0 Å². The summed E-state index contributed by atoms with van der Waals surface area (Å²) < 4.78 is 18.6. The summed E-state index contributed by atoms with van der Waals surface area (Å²) in [6.45, 7) is 5.18. The Labute approximate surface area is 212 Å². The molecule has 180 valence electrons. The standard InChI is InChI=1S/C24H32FN5O2.HI/c1-26-24(27-10-8-19-4-2-6-21(25)16-19)28-18-20-5-3-7-22(17-20)29-23(31)9-11-30-12-14-32-15-13-30;/h2-7,16-17H,8-15,18H2,1H3,(H,29,31)(H2,26,27,28);1H. The van der Waals surface area contributed by atoms with E-state index in [0.29, 0.717) is 31.9 Å². The summed E-state index contributed by atoms with van der Waals surface area (Å²) in [4.78, 5) is 18.8. The minimum absolute atomic E-state index is 0. The van der Waals surface area contributed by atoms with Gasteiger partial charge in [-0.15, -0.1) is 24.0 Å². The van der Waals surface area contributed by atoms with Gasteiger partial charge in [-0.3, -0.25) is 14.7 Å². The van der Waals surface area contributed by atoms with Gasteiger partial charge in [0.05, 0.1) is 13.2 Å². The van der Waals surface area contributed by atoms with Crippen molar-refractivity contribution in [3.63, 3.8) is 0 Å². The zero-order valence-electron chi connectivity index (χ0n) is 19.0. The van der Waals surface area contributed by atoms with E-state index in [9.17, 15) is 9.18 Å². The summed E-state index contributed by atoms with van der Waals surface area (Å²) in [6, 6.07) is 14.4. The van der Waals surface area contributed by atoms with Gasteiger partial charge in [0.25, 0.3) is 0 Å². The maximum absolute atomic E-state index is 13.3. The lowest BCUT2D eigenvalue weighted by atomic mass is 10.1. The number of anilines is 1. The number of carbonyl (C=O) groups excluding carboxylic acids is 1. The molecule has 3 rings (SSSR count). The highest BCUT2D eigenvalue weighted by atomic mass is 127. The molecule has 33 heavy (non-hydrogen) atoms. The van der Waals surface area contributed by atoms with Crippen molar-refractivity contribution in [1.82, 2.24) is 15.5 Å². The first-order chi connectivity index (χ1) is 15.6. The monoisotopic (exact) mass is 569 g/mol. The maximum Gasteiger partial charge on any atom is 0.225 e. The number of hydrogen-bond donors (Lipinski definition) is 3. The van der Waals surface area contributed by atoms with Gasteiger partial charge in [0.15, 0.2) is 5.96 Å². The van der Waals surface area contributed by atoms with Crippen LogP contribution in [0, 0.1) is 5.82 Å². The van der Waals surface area contributed by atoms with Crippen molar-refractivity contribution in [1.29, 1.82) is 0 Å². The van der Waals surface area contributed by atoms with Crippen molar-refractivity contribution >= 4 is 41.5 Å². The largest absolute Gasteiger partial charge is 0.379 e. The molecule has 2 aromatic carbocycles. The molecule has 0 radical (unpaired) electrons. The fourth-order valence-corrected chi connectivity index (χ4v) is 3.49. The van der Waals surface area contributed by atoms with Crippen molar-refractivity contribution < 1.29 is 13.9 Å². The van der Waals surface area contributed by atoms with Crippen molar-refractivity contribution in [3.05, 3.63) is 65.5 Å². The van der Waals surface area contributed by atoms with E-state index in [1.165, 1.54) is 6.07 Å². The summed E-state index contributed by atoms with van der Waals surface area (Å²) >= 11 is 0. The second kappa shape index (κ2) is 14.8. The van der Waals surface area contributed by atoms with Gasteiger partial charge in [-0.1, -0.05) is 24.3 Å². The molecule has 0 unspecified atom stereocenters. The number of ether oxygens (including phenoxy) is 1. The minimum Gasteiger partial charge on any atom is -0.379 e. The van der Waals surface area contributed by atoms with Crippen LogP contribution in [0.3, 0.4) is 0 Å². The molecule has 1 aliphatic heterocycles. The SMILES string of the molecule is CN=C(NCCc1cccc(F)c1)NCc1cccc(NC(=O)CCN2CCOCC2)c1.I. The zero-order chi connectivity index (χ0) is 22.6. The van der Waals surface area contributed by atoms with Gasteiger partial charge in [-0.2, -0.15) is 0 Å². The number of hydrogen-bond acceptors (Lipinski definition) is 4. The predicted octanol–water partition coefficient (Wildman–Crippen LogP) is 3.01. The van der Waals surface area contributed by atoms with E-state index in [-0.39, 0.29) is 35.7 Å². The second-order valence-electron chi connectivity index (χ2n) is 7.69. The molecule has 0 atom stereocenters. The summed E-state index contributed by atoms with van der Waals surface area (Å²) in [5.74, 6) is 0.454. The van der Waals surface area contributed by atoms with Crippen LogP contribution in [-0.2, 0) is 22.5 Å². The molecule has 1 heterocycles. The van der Waals surface area contributed by atoms with Crippen LogP contribution in [0.1, 0.15) is 17.5 Å². The maximum atomic E-state index is 13.3. The Morgan fingerprint density at radius 3 is 2.61 bits per heavy atom. The van der Waals surface area contributed by atoms with Crippen molar-refractivity contribution in [2.75, 3.05) is 51.8 Å². The van der Waals surface area contributed by atoms with Gasteiger partial charge >= 0.3 is 0 Å². The van der Waals surface area contributed by atoms with E-state index in [4.69, 9.17) is 4.74 Å². The highest BCUT2D eigenvalue weighted by Crippen LogP contribution is 2.11. The molecule has 1 aliphatic rings. The first-order valence-electron chi connectivity index (χ1n) is 11.0. The van der Waals surface area contributed by atoms with Crippen LogP contribution in [0.25, 0.3) is 0 Å². The number of halogens is 2. The fraction of sp³-hybridized carbons (Fsp3) is 0.417. The molecule has 1 fully saturated rings. The summed E-state index contributed by atoms with van der Waals surface area (Å²) in [7, 11) is 1.71. The van der Waals surface area contributed by atoms with Gasteiger partial charge < -0.3 is 20.7 Å². The molecule has 2 aromatic rings. The molecule has 0 aromatic heterocycles. The van der Waals surface area contributed by atoms with Crippen molar-refractivity contribution in [2.45, 2.75) is 19.4 Å². The van der Waals surface area contributed by atoms with Crippen LogP contribution < -0.4 is 16.0 Å². The third-order valence-electron chi connectivity index (χ3n) is 5.25. The van der Waals surface area contributed by atoms with Crippen LogP contribution in [-0.4, -0.2) is 63.2 Å². The molecular weight excluding hydrogens is 536 g/mol. The van der Waals surface area contributed by atoms with Gasteiger partial charge in [0.2, 0.25) is 5.91 Å². The number of nitrogens with one attached hydrogen (secondary N) is 3. The Morgan fingerprint density at radius 1 is 1.09 bits per heavy atom. The molecule has 1 saturated heterocycles. The Hall–Kier alpha value is -2.24. The number of carbonyl (C=O) groups is 1. The minimum atomic E-state index is -0.224. The van der Waals surface area contributed by atoms with Crippen LogP contribution in [0.4, 0.5) is 10.1 Å². The first kappa shape index (κ1) is 27.0. The first-order valence-corrected chi connectivity index (χ1v) is 11.0. The normalized spacial score (nSPS) is 14.3. The molecule has 1 amide bonds. The third-order valence-corrected chi connectivity index (χ3v) is 5.25. The van der Waals surface area contributed by atoms with Gasteiger partial charge in [-0.25, -0.2) is 4.39 Å². The summed E-state index contributed by atoms with van der Waals surface area (Å²) in [5.41, 5.74) is 2.75. The highest BCUT2D eigenvalue weighted by molar-refractivity contribution is 14.0. The van der Waals surface area contributed by atoms with Crippen LogP contribution >= 0.6 is 24.0 Å². The van der Waals surface area contributed by atoms with E-state index < -0.39 is 0 Å². The molecule has 0 spiro atoms. The lowest BCUT2D eigenvalue weighted by Gasteiger charge is -2.26. The average Bonchev–Trinajstić information content (AvgIpc) is 2.81. The van der Waals surface area contributed by atoms with Crippen LogP contribution in [0.2, 0.25) is 0 Å². The highest BCUT2D eigenvalue weighted by Gasteiger charge is 2.12. The lowest BCUT2D eigenvalue weighted by molar-refractivity contribution is -0.116. The average molecular weight is 569 g/mol. The molecule has 9 heteroatoms. The topological polar surface area (TPSA) is 78.0 Å². The van der Waals surface area contributed by atoms with E-state index in [2.05, 4.69) is 25.8 Å². The van der Waals surface area contributed by atoms with Crippen molar-refractivity contribution in [2.24, 2.45) is 4.99 Å². The number of aliphatic imine (C=N–C) groups is 1. The number of rotatable bonds is 9. The molecule has 0 saturated carbocycles. The number of nitrogens with zero attached hydrogens (tertiary/aromatic N) is 2. The van der Waals surface area contributed by atoms with Crippen molar-refractivity contribution in [3.8, 4) is 0 Å². The Kier molecular flexibility index (Phi) is 12.1. The zero-order valence-corrected chi connectivity index (χ0v) is 21.3. The Balaban J connectivity index is 0.00000385. The molecular formula is C24H33FIN5O2. The number of morpholine rings is 1. The van der Waals surface area contributed by atoms with Crippen LogP contribution in [0.15, 0.2) is 53.5 Å². The Morgan fingerprint density at radius 2 is 1.85 bits per heavy atom. The fourth-order valence-electron chi connectivity index (χ4n) is 3.49. The third kappa shape index (κ3) is 10.1. The second-order valence-corrected chi connectivity index (χ2v) is 7.69. The molecule has 3 N–H and O–H groups in total. The molecule has 0 aliphatic carbocycles. The van der Waals surface area contributed by atoms with Gasteiger partial charge in [-0.05, 0) is 41.8 Å². The number of benzene rings is 2. The number of amides is 1. The number of guanidine groups is 1. The van der Waals surface area contributed by atoms with Crippen LogP contribution in [0.5, 0.6) is 0 Å². The summed E-state index contributed by atoms with van der Waals surface area (Å²) in [6.07, 6.45) is 1.16. The van der Waals surface area contributed by atoms with E-state index in [1.807, 2.05) is 30.3 Å². The molecule has 0 bridgehead atoms. The Bertz CT molecular complexity index is 906. The smallest absolute Gasteiger partial charge is 0.225 e.